The van der Waals surface area contributed by atoms with Gasteiger partial charge in [0.2, 0.25) is 0 Å². The van der Waals surface area contributed by atoms with Gasteiger partial charge in [-0.2, -0.15) is 0 Å². The highest BCUT2D eigenvalue weighted by molar-refractivity contribution is 6.06. The largest absolute Gasteiger partial charge is 0.493 e. The summed E-state index contributed by atoms with van der Waals surface area (Å²) in [5.41, 5.74) is 1.43. The second kappa shape index (κ2) is 8.68. The Bertz CT molecular complexity index is 990. The van der Waals surface area contributed by atoms with E-state index in [4.69, 9.17) is 9.47 Å². The van der Waals surface area contributed by atoms with Gasteiger partial charge in [0, 0.05) is 17.4 Å². The predicted molar refractivity (Wildman–Crippen MR) is 106 cm³/mol. The molecule has 1 aromatic heterocycles. The molecule has 0 unspecified atom stereocenters. The molecule has 0 spiro atoms. The number of hydrogen-bond donors (Lipinski definition) is 2. The van der Waals surface area contributed by atoms with E-state index in [0.717, 1.165) is 0 Å². The minimum atomic E-state index is -0.443. The molecule has 0 saturated carbocycles. The van der Waals surface area contributed by atoms with Crippen LogP contribution in [0.25, 0.3) is 0 Å². The van der Waals surface area contributed by atoms with E-state index < -0.39 is 11.8 Å². The van der Waals surface area contributed by atoms with Gasteiger partial charge in [-0.3, -0.25) is 9.59 Å². The lowest BCUT2D eigenvalue weighted by Gasteiger charge is -2.11. The number of ether oxygens (including phenoxy) is 2. The highest BCUT2D eigenvalue weighted by Crippen LogP contribution is 2.29. The number of nitrogens with one attached hydrogen (secondary N) is 2. The fourth-order valence-electron chi connectivity index (χ4n) is 2.51. The van der Waals surface area contributed by atoms with Crippen molar-refractivity contribution in [2.45, 2.75) is 0 Å². The van der Waals surface area contributed by atoms with Crippen LogP contribution in [0.15, 0.2) is 66.7 Å². The quantitative estimate of drug-likeness (QED) is 0.685. The van der Waals surface area contributed by atoms with Crippen molar-refractivity contribution >= 4 is 23.2 Å². The Balaban J connectivity index is 1.74. The highest BCUT2D eigenvalue weighted by atomic mass is 16.5. The van der Waals surface area contributed by atoms with Gasteiger partial charge in [0.1, 0.15) is 11.4 Å². The number of para-hydroxylation sites is 1. The zero-order valence-corrected chi connectivity index (χ0v) is 15.4. The number of anilines is 2. The molecular weight excluding hydrogens is 358 g/mol. The van der Waals surface area contributed by atoms with Gasteiger partial charge in [-0.15, -0.1) is 0 Å². The summed E-state index contributed by atoms with van der Waals surface area (Å²) in [6, 6.07) is 18.7. The van der Waals surface area contributed by atoms with Crippen LogP contribution in [0.2, 0.25) is 0 Å². The Morgan fingerprint density at radius 1 is 0.714 bits per heavy atom. The molecule has 3 rings (SSSR count). The Morgan fingerprint density at radius 3 is 1.93 bits per heavy atom. The maximum Gasteiger partial charge on any atom is 0.274 e. The Morgan fingerprint density at radius 2 is 1.32 bits per heavy atom. The molecule has 7 nitrogen and oxygen atoms in total. The van der Waals surface area contributed by atoms with Crippen LogP contribution in [-0.2, 0) is 0 Å². The third-order valence-corrected chi connectivity index (χ3v) is 3.89. The van der Waals surface area contributed by atoms with Crippen LogP contribution in [0.1, 0.15) is 21.0 Å². The summed E-state index contributed by atoms with van der Waals surface area (Å²) < 4.78 is 10.4. The predicted octanol–water partition coefficient (Wildman–Crippen LogP) is 3.60. The number of carbonyl (C=O) groups is 2. The van der Waals surface area contributed by atoms with Crippen molar-refractivity contribution in [3.05, 3.63) is 78.1 Å². The first-order chi connectivity index (χ1) is 13.6. The minimum Gasteiger partial charge on any atom is -0.493 e. The maximum absolute atomic E-state index is 12.5. The zero-order valence-electron chi connectivity index (χ0n) is 15.4. The molecule has 3 aromatic rings. The van der Waals surface area contributed by atoms with Crippen LogP contribution in [0.3, 0.4) is 0 Å². The molecular formula is C21H19N3O4. The van der Waals surface area contributed by atoms with Crippen molar-refractivity contribution < 1.29 is 19.1 Å². The molecule has 0 saturated heterocycles. The van der Waals surface area contributed by atoms with Crippen LogP contribution in [0, 0.1) is 0 Å². The fourth-order valence-corrected chi connectivity index (χ4v) is 2.51. The minimum absolute atomic E-state index is 0.121. The first-order valence-corrected chi connectivity index (χ1v) is 8.47. The van der Waals surface area contributed by atoms with E-state index >= 15 is 0 Å². The average molecular weight is 377 g/mol. The number of pyridine rings is 1. The van der Waals surface area contributed by atoms with Gasteiger partial charge in [-0.05, 0) is 36.4 Å². The number of amides is 2. The standard InChI is InChI=1S/C21H19N3O4/c1-27-18-12-11-15(13-19(18)28-2)23-21(26)17-10-6-9-16(24-17)20(25)22-14-7-4-3-5-8-14/h3-13H,1-2H3,(H,22,25)(H,23,26). The lowest BCUT2D eigenvalue weighted by Crippen LogP contribution is -2.18. The molecule has 0 radical (unpaired) electrons. The summed E-state index contributed by atoms with van der Waals surface area (Å²) in [6.45, 7) is 0. The number of hydrogen-bond acceptors (Lipinski definition) is 5. The Kier molecular flexibility index (Phi) is 5.86. The summed E-state index contributed by atoms with van der Waals surface area (Å²) in [5.74, 6) is 0.205. The first-order valence-electron chi connectivity index (χ1n) is 8.47. The average Bonchev–Trinajstić information content (AvgIpc) is 2.74. The number of methoxy groups -OCH3 is 2. The highest BCUT2D eigenvalue weighted by Gasteiger charge is 2.14. The van der Waals surface area contributed by atoms with Crippen molar-refractivity contribution in [2.75, 3.05) is 24.9 Å². The van der Waals surface area contributed by atoms with E-state index in [9.17, 15) is 9.59 Å². The van der Waals surface area contributed by atoms with E-state index in [1.807, 2.05) is 18.2 Å². The van der Waals surface area contributed by atoms with Crippen LogP contribution >= 0.6 is 0 Å². The zero-order chi connectivity index (χ0) is 19.9. The van der Waals surface area contributed by atoms with Crippen LogP contribution in [0.4, 0.5) is 11.4 Å². The van der Waals surface area contributed by atoms with Crippen LogP contribution in [0.5, 0.6) is 11.5 Å². The molecule has 0 atom stereocenters. The van der Waals surface area contributed by atoms with Crippen LogP contribution in [-0.4, -0.2) is 31.0 Å². The van der Waals surface area contributed by atoms with Gasteiger partial charge in [0.15, 0.2) is 11.5 Å². The van der Waals surface area contributed by atoms with Gasteiger partial charge in [-0.25, -0.2) is 4.98 Å². The molecule has 0 fully saturated rings. The number of carbonyl (C=O) groups excluding carboxylic acids is 2. The Labute approximate surface area is 162 Å². The van der Waals surface area contributed by atoms with Crippen molar-refractivity contribution in [3.8, 4) is 11.5 Å². The molecule has 2 aromatic carbocycles. The van der Waals surface area contributed by atoms with Gasteiger partial charge < -0.3 is 20.1 Å². The van der Waals surface area contributed by atoms with Crippen molar-refractivity contribution in [1.29, 1.82) is 0 Å². The molecule has 0 aliphatic carbocycles. The number of benzene rings is 2. The van der Waals surface area contributed by atoms with E-state index in [2.05, 4.69) is 15.6 Å². The summed E-state index contributed by atoms with van der Waals surface area (Å²) in [6.07, 6.45) is 0. The topological polar surface area (TPSA) is 89.5 Å². The monoisotopic (exact) mass is 377 g/mol. The van der Waals surface area contributed by atoms with E-state index in [1.165, 1.54) is 20.3 Å². The smallest absolute Gasteiger partial charge is 0.274 e. The van der Waals surface area contributed by atoms with E-state index in [-0.39, 0.29) is 11.4 Å². The lowest BCUT2D eigenvalue weighted by molar-refractivity contribution is 0.101. The first kappa shape index (κ1) is 18.9. The van der Waals surface area contributed by atoms with Crippen molar-refractivity contribution in [1.82, 2.24) is 4.98 Å². The molecule has 1 heterocycles. The summed E-state index contributed by atoms with van der Waals surface area (Å²) >= 11 is 0. The SMILES string of the molecule is COc1ccc(NC(=O)c2cccc(C(=O)Nc3ccccc3)n2)cc1OC. The number of nitrogens with zero attached hydrogens (tertiary/aromatic N) is 1. The number of rotatable bonds is 6. The number of aromatic nitrogens is 1. The summed E-state index contributed by atoms with van der Waals surface area (Å²) in [4.78, 5) is 29.1. The van der Waals surface area contributed by atoms with Gasteiger partial charge in [0.05, 0.1) is 14.2 Å². The van der Waals surface area contributed by atoms with Crippen LogP contribution < -0.4 is 20.1 Å². The maximum atomic E-state index is 12.5. The third-order valence-electron chi connectivity index (χ3n) is 3.89. The molecule has 142 valence electrons. The second-order valence-electron chi connectivity index (χ2n) is 5.75. The summed E-state index contributed by atoms with van der Waals surface area (Å²) in [7, 11) is 3.05. The molecule has 7 heteroatoms. The van der Waals surface area contributed by atoms with E-state index in [1.54, 1.807) is 42.5 Å². The molecule has 2 amide bonds. The fraction of sp³-hybridized carbons (Fsp3) is 0.0952. The summed E-state index contributed by atoms with van der Waals surface area (Å²) in [5, 5.41) is 5.47. The van der Waals surface area contributed by atoms with Gasteiger partial charge in [0.25, 0.3) is 11.8 Å². The normalized spacial score (nSPS) is 10.1. The van der Waals surface area contributed by atoms with Gasteiger partial charge >= 0.3 is 0 Å². The lowest BCUT2D eigenvalue weighted by atomic mass is 10.2. The third kappa shape index (κ3) is 4.45. The van der Waals surface area contributed by atoms with E-state index in [0.29, 0.717) is 22.9 Å². The molecule has 2 N–H and O–H groups in total. The van der Waals surface area contributed by atoms with Crippen molar-refractivity contribution in [3.63, 3.8) is 0 Å². The second-order valence-corrected chi connectivity index (χ2v) is 5.75. The molecule has 0 aliphatic rings. The van der Waals surface area contributed by atoms with Gasteiger partial charge in [-0.1, -0.05) is 24.3 Å². The molecule has 0 aliphatic heterocycles. The molecule has 28 heavy (non-hydrogen) atoms. The molecule has 0 bridgehead atoms. The van der Waals surface area contributed by atoms with Crippen molar-refractivity contribution in [2.24, 2.45) is 0 Å². The Hall–Kier alpha value is -3.87.